The second-order valence-electron chi connectivity index (χ2n) is 6.42. The molecule has 0 aliphatic rings. The molecule has 1 aromatic heterocycles. The van der Waals surface area contributed by atoms with Gasteiger partial charge in [0.2, 0.25) is 0 Å². The maximum absolute atomic E-state index is 12.1. The van der Waals surface area contributed by atoms with Crippen molar-refractivity contribution in [2.24, 2.45) is 7.05 Å². The summed E-state index contributed by atoms with van der Waals surface area (Å²) in [4.78, 5) is 23.0. The summed E-state index contributed by atoms with van der Waals surface area (Å²) < 4.78 is 7.14. The minimum absolute atomic E-state index is 0.00297. The molecule has 6 heteroatoms. The number of carbonyl (C=O) groups is 2. The average molecular weight is 318 g/mol. The van der Waals surface area contributed by atoms with Gasteiger partial charge in [-0.3, -0.25) is 10.1 Å². The van der Waals surface area contributed by atoms with E-state index < -0.39 is 17.7 Å². The number of carboxylic acids is 1. The number of hydrogen-bond acceptors (Lipinski definition) is 3. The van der Waals surface area contributed by atoms with Crippen molar-refractivity contribution in [1.82, 2.24) is 4.57 Å². The molecule has 2 N–H and O–H groups in total. The Morgan fingerprint density at radius 3 is 2.52 bits per heavy atom. The van der Waals surface area contributed by atoms with E-state index in [9.17, 15) is 9.59 Å². The number of amides is 1. The van der Waals surface area contributed by atoms with Crippen LogP contribution in [0.25, 0.3) is 10.9 Å². The second kappa shape index (κ2) is 6.32. The Labute approximate surface area is 135 Å². The molecule has 1 aromatic carbocycles. The fraction of sp³-hybridized carbons (Fsp3) is 0.412. The number of aromatic nitrogens is 1. The molecule has 1 heterocycles. The van der Waals surface area contributed by atoms with Crippen LogP contribution in [-0.2, 0) is 23.0 Å². The van der Waals surface area contributed by atoms with Gasteiger partial charge in [0.15, 0.2) is 0 Å². The van der Waals surface area contributed by atoms with Crippen molar-refractivity contribution in [2.45, 2.75) is 39.2 Å². The molecule has 0 saturated heterocycles. The standard InChI is InChI=1S/C17H22N2O4/c1-17(2,3)23-16(22)18-15-12(9-10-14(20)21)11-7-5-6-8-13(11)19(15)4/h5-8H,9-10H2,1-4H3,(H,18,22)(H,20,21). The fourth-order valence-electron chi connectivity index (χ4n) is 2.52. The highest BCUT2D eigenvalue weighted by molar-refractivity contribution is 5.95. The minimum atomic E-state index is -0.874. The van der Waals surface area contributed by atoms with E-state index in [1.54, 1.807) is 20.8 Å². The van der Waals surface area contributed by atoms with Crippen LogP contribution in [0.4, 0.5) is 10.6 Å². The summed E-state index contributed by atoms with van der Waals surface area (Å²) in [7, 11) is 1.83. The number of rotatable bonds is 4. The van der Waals surface area contributed by atoms with Crippen molar-refractivity contribution in [3.05, 3.63) is 29.8 Å². The van der Waals surface area contributed by atoms with Gasteiger partial charge in [-0.15, -0.1) is 0 Å². The number of carboxylic acid groups (broad SMARTS) is 1. The molecule has 0 spiro atoms. The van der Waals surface area contributed by atoms with Gasteiger partial charge in [0.05, 0.1) is 0 Å². The third-order valence-electron chi connectivity index (χ3n) is 3.42. The van der Waals surface area contributed by atoms with Gasteiger partial charge in [0.1, 0.15) is 11.4 Å². The Balaban J connectivity index is 2.40. The smallest absolute Gasteiger partial charge is 0.413 e. The van der Waals surface area contributed by atoms with Crippen LogP contribution in [0.1, 0.15) is 32.8 Å². The van der Waals surface area contributed by atoms with E-state index in [0.29, 0.717) is 12.2 Å². The minimum Gasteiger partial charge on any atom is -0.481 e. The Bertz CT molecular complexity index is 741. The zero-order valence-corrected chi connectivity index (χ0v) is 13.8. The quantitative estimate of drug-likeness (QED) is 0.903. The van der Waals surface area contributed by atoms with Crippen molar-refractivity contribution >= 4 is 28.8 Å². The average Bonchev–Trinajstić information content (AvgIpc) is 2.68. The first-order valence-electron chi connectivity index (χ1n) is 7.47. The van der Waals surface area contributed by atoms with Crippen molar-refractivity contribution in [2.75, 3.05) is 5.32 Å². The van der Waals surface area contributed by atoms with E-state index in [2.05, 4.69) is 5.32 Å². The number of nitrogens with one attached hydrogen (secondary N) is 1. The van der Waals surface area contributed by atoms with Crippen LogP contribution in [0, 0.1) is 0 Å². The highest BCUT2D eigenvalue weighted by atomic mass is 16.6. The molecule has 0 atom stereocenters. The predicted octanol–water partition coefficient (Wildman–Crippen LogP) is 3.54. The molecule has 0 unspecified atom stereocenters. The summed E-state index contributed by atoms with van der Waals surface area (Å²) in [6.45, 7) is 5.37. The summed E-state index contributed by atoms with van der Waals surface area (Å²) in [5.74, 6) is -0.303. The van der Waals surface area contributed by atoms with E-state index in [1.807, 2.05) is 35.9 Å². The molecular weight excluding hydrogens is 296 g/mol. The summed E-state index contributed by atoms with van der Waals surface area (Å²) in [5.41, 5.74) is 1.13. The first-order chi connectivity index (χ1) is 10.7. The van der Waals surface area contributed by atoms with Crippen LogP contribution in [-0.4, -0.2) is 27.3 Å². The number of aryl methyl sites for hydroxylation is 2. The van der Waals surface area contributed by atoms with Gasteiger partial charge in [0.25, 0.3) is 0 Å². The Morgan fingerprint density at radius 1 is 1.26 bits per heavy atom. The highest BCUT2D eigenvalue weighted by Gasteiger charge is 2.21. The number of aliphatic carboxylic acids is 1. The lowest BCUT2D eigenvalue weighted by molar-refractivity contribution is -0.136. The Morgan fingerprint density at radius 2 is 1.91 bits per heavy atom. The summed E-state index contributed by atoms with van der Waals surface area (Å²) in [6, 6.07) is 7.65. The monoisotopic (exact) mass is 318 g/mol. The van der Waals surface area contributed by atoms with Crippen LogP contribution in [0.15, 0.2) is 24.3 Å². The van der Waals surface area contributed by atoms with Gasteiger partial charge in [-0.05, 0) is 33.3 Å². The molecule has 2 aromatic rings. The van der Waals surface area contributed by atoms with Crippen LogP contribution >= 0.6 is 0 Å². The lowest BCUT2D eigenvalue weighted by Gasteiger charge is -2.20. The largest absolute Gasteiger partial charge is 0.481 e. The van der Waals surface area contributed by atoms with Gasteiger partial charge in [-0.1, -0.05) is 18.2 Å². The maximum atomic E-state index is 12.1. The SMILES string of the molecule is Cn1c(NC(=O)OC(C)(C)C)c(CCC(=O)O)c2ccccc21. The normalized spacial score (nSPS) is 11.5. The van der Waals surface area contributed by atoms with Crippen molar-refractivity contribution in [3.8, 4) is 0 Å². The Hall–Kier alpha value is -2.50. The van der Waals surface area contributed by atoms with Gasteiger partial charge >= 0.3 is 12.1 Å². The topological polar surface area (TPSA) is 80.6 Å². The van der Waals surface area contributed by atoms with Gasteiger partial charge in [-0.2, -0.15) is 0 Å². The lowest BCUT2D eigenvalue weighted by Crippen LogP contribution is -2.28. The third kappa shape index (κ3) is 4.03. The highest BCUT2D eigenvalue weighted by Crippen LogP contribution is 2.30. The fourth-order valence-corrected chi connectivity index (χ4v) is 2.52. The molecule has 0 fully saturated rings. The molecule has 0 aliphatic heterocycles. The molecule has 0 radical (unpaired) electrons. The number of fused-ring (bicyclic) bond motifs is 1. The first-order valence-corrected chi connectivity index (χ1v) is 7.47. The van der Waals surface area contributed by atoms with Gasteiger partial charge in [0, 0.05) is 29.9 Å². The molecule has 2 rings (SSSR count). The van der Waals surface area contributed by atoms with Crippen LogP contribution in [0.2, 0.25) is 0 Å². The number of nitrogens with zero attached hydrogens (tertiary/aromatic N) is 1. The van der Waals surface area contributed by atoms with Crippen LogP contribution < -0.4 is 5.32 Å². The zero-order valence-electron chi connectivity index (χ0n) is 13.8. The molecule has 124 valence electrons. The number of hydrogen-bond donors (Lipinski definition) is 2. The van der Waals surface area contributed by atoms with E-state index in [-0.39, 0.29) is 6.42 Å². The van der Waals surface area contributed by atoms with E-state index >= 15 is 0 Å². The van der Waals surface area contributed by atoms with E-state index in [1.165, 1.54) is 0 Å². The summed E-state index contributed by atoms with van der Waals surface area (Å²) >= 11 is 0. The summed E-state index contributed by atoms with van der Waals surface area (Å²) in [6.07, 6.45) is -0.223. The molecular formula is C17H22N2O4. The molecule has 6 nitrogen and oxygen atoms in total. The molecule has 1 amide bonds. The first kappa shape index (κ1) is 16.9. The number of ether oxygens (including phenoxy) is 1. The van der Waals surface area contributed by atoms with Crippen molar-refractivity contribution in [3.63, 3.8) is 0 Å². The van der Waals surface area contributed by atoms with Gasteiger partial charge in [-0.25, -0.2) is 4.79 Å². The second-order valence-corrected chi connectivity index (χ2v) is 6.42. The number of carbonyl (C=O) groups excluding carboxylic acids is 1. The predicted molar refractivity (Wildman–Crippen MR) is 88.7 cm³/mol. The Kier molecular flexibility index (Phi) is 4.63. The van der Waals surface area contributed by atoms with Crippen LogP contribution in [0.5, 0.6) is 0 Å². The lowest BCUT2D eigenvalue weighted by atomic mass is 10.1. The van der Waals surface area contributed by atoms with Crippen molar-refractivity contribution in [1.29, 1.82) is 0 Å². The van der Waals surface area contributed by atoms with Crippen molar-refractivity contribution < 1.29 is 19.4 Å². The molecule has 0 bridgehead atoms. The van der Waals surface area contributed by atoms with Gasteiger partial charge < -0.3 is 14.4 Å². The maximum Gasteiger partial charge on any atom is 0.413 e. The molecule has 23 heavy (non-hydrogen) atoms. The van der Waals surface area contributed by atoms with E-state index in [4.69, 9.17) is 9.84 Å². The van der Waals surface area contributed by atoms with Crippen LogP contribution in [0.3, 0.4) is 0 Å². The number of benzene rings is 1. The van der Waals surface area contributed by atoms with E-state index in [0.717, 1.165) is 16.5 Å². The summed E-state index contributed by atoms with van der Waals surface area (Å²) in [5, 5.41) is 12.7. The molecule has 0 saturated carbocycles. The third-order valence-corrected chi connectivity index (χ3v) is 3.42. The molecule has 0 aliphatic carbocycles. The number of para-hydroxylation sites is 1. The number of anilines is 1. The zero-order chi connectivity index (χ0) is 17.2.